The van der Waals surface area contributed by atoms with Crippen LogP contribution in [0.5, 0.6) is 0 Å². The SMILES string of the molecule is CN1CCN(c2cc3c(Nc4ccccc4)ncnc3cc2[N+](=O)[O-])CC1. The minimum absolute atomic E-state index is 0.0800. The molecule has 0 aliphatic carbocycles. The van der Waals surface area contributed by atoms with Crippen LogP contribution in [0.25, 0.3) is 10.9 Å². The fraction of sp³-hybridized carbons (Fsp3) is 0.263. The number of rotatable bonds is 4. The molecule has 138 valence electrons. The smallest absolute Gasteiger partial charge is 0.294 e. The quantitative estimate of drug-likeness (QED) is 0.562. The van der Waals surface area contributed by atoms with Crippen molar-refractivity contribution in [2.75, 3.05) is 43.4 Å². The Morgan fingerprint density at radius 1 is 1.07 bits per heavy atom. The maximum Gasteiger partial charge on any atom is 0.294 e. The summed E-state index contributed by atoms with van der Waals surface area (Å²) in [7, 11) is 2.06. The third kappa shape index (κ3) is 3.52. The van der Waals surface area contributed by atoms with E-state index in [1.807, 2.05) is 36.4 Å². The van der Waals surface area contributed by atoms with Crippen molar-refractivity contribution in [3.63, 3.8) is 0 Å². The Balaban J connectivity index is 1.80. The average molecular weight is 364 g/mol. The lowest BCUT2D eigenvalue weighted by Crippen LogP contribution is -2.44. The number of fused-ring (bicyclic) bond motifs is 1. The van der Waals surface area contributed by atoms with Gasteiger partial charge in [-0.05, 0) is 25.2 Å². The lowest BCUT2D eigenvalue weighted by Gasteiger charge is -2.33. The number of nitrogens with one attached hydrogen (secondary N) is 1. The number of piperazine rings is 1. The predicted molar refractivity (Wildman–Crippen MR) is 106 cm³/mol. The van der Waals surface area contributed by atoms with Crippen LogP contribution in [-0.4, -0.2) is 53.0 Å². The molecule has 0 atom stereocenters. The molecule has 0 amide bonds. The summed E-state index contributed by atoms with van der Waals surface area (Å²) < 4.78 is 0. The zero-order chi connectivity index (χ0) is 18.8. The van der Waals surface area contributed by atoms with Gasteiger partial charge >= 0.3 is 0 Å². The molecular weight excluding hydrogens is 344 g/mol. The molecule has 1 aromatic heterocycles. The second-order valence-corrected chi connectivity index (χ2v) is 6.62. The van der Waals surface area contributed by atoms with Gasteiger partial charge in [-0.3, -0.25) is 10.1 Å². The van der Waals surface area contributed by atoms with Crippen LogP contribution in [0.2, 0.25) is 0 Å². The summed E-state index contributed by atoms with van der Waals surface area (Å²) >= 11 is 0. The maximum atomic E-state index is 11.7. The van der Waals surface area contributed by atoms with Gasteiger partial charge < -0.3 is 15.1 Å². The van der Waals surface area contributed by atoms with E-state index in [-0.39, 0.29) is 10.6 Å². The highest BCUT2D eigenvalue weighted by Crippen LogP contribution is 2.35. The van der Waals surface area contributed by atoms with E-state index in [0.717, 1.165) is 37.3 Å². The Labute approximate surface area is 156 Å². The van der Waals surface area contributed by atoms with Gasteiger partial charge in [-0.25, -0.2) is 9.97 Å². The maximum absolute atomic E-state index is 11.7. The second kappa shape index (κ2) is 7.16. The van der Waals surface area contributed by atoms with E-state index in [9.17, 15) is 10.1 Å². The number of nitrogens with zero attached hydrogens (tertiary/aromatic N) is 5. The van der Waals surface area contributed by atoms with Crippen molar-refractivity contribution < 1.29 is 4.92 Å². The van der Waals surface area contributed by atoms with Crippen molar-refractivity contribution in [2.45, 2.75) is 0 Å². The molecule has 2 heterocycles. The van der Waals surface area contributed by atoms with Crippen LogP contribution >= 0.6 is 0 Å². The molecule has 27 heavy (non-hydrogen) atoms. The molecule has 0 unspecified atom stereocenters. The van der Waals surface area contributed by atoms with Crippen LogP contribution in [0.4, 0.5) is 22.9 Å². The van der Waals surface area contributed by atoms with Gasteiger partial charge in [0, 0.05) is 43.3 Å². The molecule has 0 radical (unpaired) electrons. The number of aromatic nitrogens is 2. The first-order valence-electron chi connectivity index (χ1n) is 8.80. The standard InChI is InChI=1S/C19H20N6O2/c1-23-7-9-24(10-8-23)17-11-15-16(12-18(17)25(26)27)20-13-21-19(15)22-14-5-3-2-4-6-14/h2-6,11-13H,7-10H2,1H3,(H,20,21,22). The first kappa shape index (κ1) is 17.2. The van der Waals surface area contributed by atoms with Gasteiger partial charge in [0.2, 0.25) is 0 Å². The van der Waals surface area contributed by atoms with Crippen LogP contribution in [0.1, 0.15) is 0 Å². The summed E-state index contributed by atoms with van der Waals surface area (Å²) in [6.45, 7) is 3.24. The van der Waals surface area contributed by atoms with E-state index in [0.29, 0.717) is 17.0 Å². The van der Waals surface area contributed by atoms with Crippen molar-refractivity contribution in [3.05, 3.63) is 58.9 Å². The Hall–Kier alpha value is -3.26. The zero-order valence-corrected chi connectivity index (χ0v) is 15.0. The molecule has 8 heteroatoms. The number of hydrogen-bond donors (Lipinski definition) is 1. The summed E-state index contributed by atoms with van der Waals surface area (Å²) in [4.78, 5) is 24.2. The highest BCUT2D eigenvalue weighted by atomic mass is 16.6. The molecule has 0 bridgehead atoms. The van der Waals surface area contributed by atoms with Gasteiger partial charge in [0.15, 0.2) is 0 Å². The highest BCUT2D eigenvalue weighted by molar-refractivity contribution is 5.96. The van der Waals surface area contributed by atoms with Gasteiger partial charge in [-0.2, -0.15) is 0 Å². The monoisotopic (exact) mass is 364 g/mol. The minimum Gasteiger partial charge on any atom is -0.363 e. The molecule has 2 aromatic carbocycles. The first-order valence-corrected chi connectivity index (χ1v) is 8.80. The van der Waals surface area contributed by atoms with Crippen LogP contribution < -0.4 is 10.2 Å². The van der Waals surface area contributed by atoms with Crippen molar-refractivity contribution in [3.8, 4) is 0 Å². The number of nitro groups is 1. The number of benzene rings is 2. The topological polar surface area (TPSA) is 87.4 Å². The normalized spacial score (nSPS) is 15.1. The zero-order valence-electron chi connectivity index (χ0n) is 15.0. The summed E-state index contributed by atoms with van der Waals surface area (Å²) in [5.41, 5.74) is 2.15. The third-order valence-corrected chi connectivity index (χ3v) is 4.81. The molecule has 0 spiro atoms. The van der Waals surface area contributed by atoms with Crippen molar-refractivity contribution in [1.29, 1.82) is 0 Å². The molecule has 1 saturated heterocycles. The Morgan fingerprint density at radius 2 is 1.81 bits per heavy atom. The fourth-order valence-electron chi connectivity index (χ4n) is 3.29. The molecule has 1 N–H and O–H groups in total. The third-order valence-electron chi connectivity index (χ3n) is 4.81. The second-order valence-electron chi connectivity index (χ2n) is 6.62. The largest absolute Gasteiger partial charge is 0.363 e. The molecule has 1 aliphatic rings. The number of hydrogen-bond acceptors (Lipinski definition) is 7. The van der Waals surface area contributed by atoms with Gasteiger partial charge in [-0.1, -0.05) is 18.2 Å². The molecule has 3 aromatic rings. The first-order chi connectivity index (χ1) is 13.1. The Bertz CT molecular complexity index is 971. The van der Waals surface area contributed by atoms with E-state index < -0.39 is 0 Å². The minimum atomic E-state index is -0.334. The summed E-state index contributed by atoms with van der Waals surface area (Å²) in [6.07, 6.45) is 1.42. The molecule has 0 saturated carbocycles. The van der Waals surface area contributed by atoms with Crippen molar-refractivity contribution >= 4 is 33.8 Å². The Morgan fingerprint density at radius 3 is 2.52 bits per heavy atom. The van der Waals surface area contributed by atoms with Crippen LogP contribution in [0, 0.1) is 10.1 Å². The number of para-hydroxylation sites is 1. The van der Waals surface area contributed by atoms with E-state index in [1.165, 1.54) is 6.33 Å². The lowest BCUT2D eigenvalue weighted by molar-refractivity contribution is -0.384. The summed E-state index contributed by atoms with van der Waals surface area (Å²) in [5.74, 6) is 0.636. The average Bonchev–Trinajstić information content (AvgIpc) is 2.69. The summed E-state index contributed by atoms with van der Waals surface area (Å²) in [6, 6.07) is 13.1. The van der Waals surface area contributed by atoms with E-state index >= 15 is 0 Å². The number of anilines is 3. The Kier molecular flexibility index (Phi) is 4.55. The van der Waals surface area contributed by atoms with Gasteiger partial charge in [-0.15, -0.1) is 0 Å². The van der Waals surface area contributed by atoms with Crippen molar-refractivity contribution in [1.82, 2.24) is 14.9 Å². The van der Waals surface area contributed by atoms with Crippen LogP contribution in [-0.2, 0) is 0 Å². The molecule has 4 rings (SSSR count). The number of likely N-dealkylation sites (N-methyl/N-ethyl adjacent to an activating group) is 1. The van der Waals surface area contributed by atoms with Gasteiger partial charge in [0.1, 0.15) is 17.8 Å². The predicted octanol–water partition coefficient (Wildman–Crippen LogP) is 3.03. The number of nitro benzene ring substituents is 1. The summed E-state index contributed by atoms with van der Waals surface area (Å²) in [5, 5.41) is 15.7. The van der Waals surface area contributed by atoms with Crippen LogP contribution in [0.15, 0.2) is 48.8 Å². The van der Waals surface area contributed by atoms with E-state index in [4.69, 9.17) is 0 Å². The van der Waals surface area contributed by atoms with E-state index in [1.54, 1.807) is 6.07 Å². The molecule has 1 fully saturated rings. The lowest BCUT2D eigenvalue weighted by atomic mass is 10.1. The highest BCUT2D eigenvalue weighted by Gasteiger charge is 2.24. The van der Waals surface area contributed by atoms with Gasteiger partial charge in [0.25, 0.3) is 5.69 Å². The van der Waals surface area contributed by atoms with Crippen LogP contribution in [0.3, 0.4) is 0 Å². The molecule has 1 aliphatic heterocycles. The van der Waals surface area contributed by atoms with Gasteiger partial charge in [0.05, 0.1) is 10.4 Å². The van der Waals surface area contributed by atoms with Crippen molar-refractivity contribution in [2.24, 2.45) is 0 Å². The molecular formula is C19H20N6O2. The molecule has 8 nitrogen and oxygen atoms in total. The van der Waals surface area contributed by atoms with E-state index in [2.05, 4.69) is 32.1 Å². The fourth-order valence-corrected chi connectivity index (χ4v) is 3.29.